The van der Waals surface area contributed by atoms with Crippen LogP contribution >= 0.6 is 0 Å². The van der Waals surface area contributed by atoms with E-state index in [-0.39, 0.29) is 11.8 Å². The predicted molar refractivity (Wildman–Crippen MR) is 113 cm³/mol. The molecule has 1 unspecified atom stereocenters. The Hall–Kier alpha value is -3.55. The number of aryl methyl sites for hydroxylation is 2. The average Bonchev–Trinajstić information content (AvgIpc) is 3.45. The number of piperidine rings is 1. The number of likely N-dealkylation sites (tertiary alicyclic amines) is 1. The molecule has 4 aromatic rings. The van der Waals surface area contributed by atoms with Gasteiger partial charge in [-0.15, -0.1) is 10.2 Å². The van der Waals surface area contributed by atoms with Crippen LogP contribution in [0.1, 0.15) is 41.3 Å². The highest BCUT2D eigenvalue weighted by Crippen LogP contribution is 2.30. The molecule has 4 heterocycles. The van der Waals surface area contributed by atoms with Crippen LogP contribution in [0.2, 0.25) is 0 Å². The van der Waals surface area contributed by atoms with Crippen molar-refractivity contribution in [3.05, 3.63) is 59.6 Å². The van der Waals surface area contributed by atoms with Crippen molar-refractivity contribution in [3.8, 4) is 11.6 Å². The van der Waals surface area contributed by atoms with Crippen molar-refractivity contribution >= 4 is 16.9 Å². The van der Waals surface area contributed by atoms with E-state index < -0.39 is 0 Å². The number of carbonyl (C=O) groups excluding carboxylic acids is 1. The van der Waals surface area contributed by atoms with Crippen molar-refractivity contribution in [2.75, 3.05) is 13.1 Å². The van der Waals surface area contributed by atoms with Crippen LogP contribution in [0.5, 0.6) is 0 Å². The lowest BCUT2D eigenvalue weighted by Crippen LogP contribution is -2.40. The fraction of sp³-hybridized carbons (Fsp3) is 0.348. The molecule has 1 atom stereocenters. The van der Waals surface area contributed by atoms with Crippen LogP contribution in [0.4, 0.5) is 0 Å². The zero-order chi connectivity index (χ0) is 21.4. The first-order chi connectivity index (χ1) is 15.1. The van der Waals surface area contributed by atoms with Gasteiger partial charge in [-0.3, -0.25) is 9.78 Å². The Bertz CT molecular complexity index is 1230. The van der Waals surface area contributed by atoms with E-state index in [2.05, 4.69) is 33.2 Å². The number of hydrogen-bond donors (Lipinski definition) is 0. The Labute approximate surface area is 179 Å². The van der Waals surface area contributed by atoms with Crippen LogP contribution in [0.3, 0.4) is 0 Å². The SMILES string of the molecule is Cc1ccc2c(CC(=O)N3CCCC(c4nnc(-c5cnccn5)o4)C3)coc2c1C. The molecule has 8 nitrogen and oxygen atoms in total. The second-order valence-corrected chi connectivity index (χ2v) is 8.04. The summed E-state index contributed by atoms with van der Waals surface area (Å²) < 4.78 is 11.6. The minimum absolute atomic E-state index is 0.0154. The van der Waals surface area contributed by atoms with Gasteiger partial charge in [0.1, 0.15) is 11.3 Å². The third-order valence-corrected chi connectivity index (χ3v) is 6.03. The van der Waals surface area contributed by atoms with Gasteiger partial charge in [0, 0.05) is 36.4 Å². The first-order valence-corrected chi connectivity index (χ1v) is 10.4. The van der Waals surface area contributed by atoms with E-state index in [1.807, 2.05) is 17.9 Å². The molecule has 1 aromatic carbocycles. The zero-order valence-corrected chi connectivity index (χ0v) is 17.5. The van der Waals surface area contributed by atoms with Crippen molar-refractivity contribution in [1.29, 1.82) is 0 Å². The predicted octanol–water partition coefficient (Wildman–Crippen LogP) is 3.84. The molecule has 0 N–H and O–H groups in total. The van der Waals surface area contributed by atoms with Crippen molar-refractivity contribution < 1.29 is 13.6 Å². The van der Waals surface area contributed by atoms with Gasteiger partial charge < -0.3 is 13.7 Å². The van der Waals surface area contributed by atoms with E-state index in [9.17, 15) is 4.79 Å². The molecule has 0 aliphatic carbocycles. The maximum atomic E-state index is 13.1. The summed E-state index contributed by atoms with van der Waals surface area (Å²) in [4.78, 5) is 23.2. The largest absolute Gasteiger partial charge is 0.464 e. The molecule has 1 fully saturated rings. The molecular formula is C23H23N5O3. The molecule has 1 aliphatic heterocycles. The molecule has 1 aliphatic rings. The molecule has 1 amide bonds. The molecule has 8 heteroatoms. The minimum Gasteiger partial charge on any atom is -0.464 e. The molecule has 5 rings (SSSR count). The molecule has 0 spiro atoms. The quantitative estimate of drug-likeness (QED) is 0.497. The normalized spacial score (nSPS) is 16.7. The highest BCUT2D eigenvalue weighted by atomic mass is 16.4. The summed E-state index contributed by atoms with van der Waals surface area (Å²) in [6, 6.07) is 4.11. The van der Waals surface area contributed by atoms with Crippen molar-refractivity contribution in [2.45, 2.75) is 39.0 Å². The molecule has 0 bridgehead atoms. The van der Waals surface area contributed by atoms with Gasteiger partial charge in [0.15, 0.2) is 0 Å². The number of rotatable bonds is 4. The van der Waals surface area contributed by atoms with E-state index >= 15 is 0 Å². The fourth-order valence-electron chi connectivity index (χ4n) is 4.12. The summed E-state index contributed by atoms with van der Waals surface area (Å²) in [5.74, 6) is 0.987. The third-order valence-electron chi connectivity index (χ3n) is 6.03. The monoisotopic (exact) mass is 417 g/mol. The van der Waals surface area contributed by atoms with Crippen LogP contribution < -0.4 is 0 Å². The smallest absolute Gasteiger partial charge is 0.267 e. The van der Waals surface area contributed by atoms with Crippen LogP contribution in [0.25, 0.3) is 22.6 Å². The van der Waals surface area contributed by atoms with Crippen LogP contribution in [-0.4, -0.2) is 44.1 Å². The number of amides is 1. The lowest BCUT2D eigenvalue weighted by atomic mass is 9.97. The number of hydrogen-bond acceptors (Lipinski definition) is 7. The number of aromatic nitrogens is 4. The van der Waals surface area contributed by atoms with Gasteiger partial charge in [-0.05, 0) is 37.8 Å². The first-order valence-electron chi connectivity index (χ1n) is 10.4. The lowest BCUT2D eigenvalue weighted by Gasteiger charge is -2.31. The summed E-state index contributed by atoms with van der Waals surface area (Å²) in [6.45, 7) is 5.40. The lowest BCUT2D eigenvalue weighted by molar-refractivity contribution is -0.131. The number of nitrogens with zero attached hydrogens (tertiary/aromatic N) is 5. The second kappa shape index (κ2) is 7.94. The summed E-state index contributed by atoms with van der Waals surface area (Å²) >= 11 is 0. The van der Waals surface area contributed by atoms with Crippen LogP contribution in [-0.2, 0) is 11.2 Å². The van der Waals surface area contributed by atoms with Gasteiger partial charge in [0.2, 0.25) is 11.8 Å². The highest BCUT2D eigenvalue weighted by Gasteiger charge is 2.29. The number of fused-ring (bicyclic) bond motifs is 1. The topological polar surface area (TPSA) is 98.2 Å². The zero-order valence-electron chi connectivity index (χ0n) is 17.5. The second-order valence-electron chi connectivity index (χ2n) is 8.04. The standard InChI is InChI=1S/C23H23N5O3/c1-14-5-6-18-17(13-30-21(18)15(14)2)10-20(29)28-9-3-4-16(12-28)22-26-27-23(31-22)19-11-24-7-8-25-19/h5-8,11,13,16H,3-4,9-10,12H2,1-2H3. The molecule has 0 saturated carbocycles. The summed E-state index contributed by atoms with van der Waals surface area (Å²) in [5, 5.41) is 9.32. The molecule has 1 saturated heterocycles. The summed E-state index contributed by atoms with van der Waals surface area (Å²) in [6.07, 6.45) is 8.59. The Balaban J connectivity index is 1.30. The Morgan fingerprint density at radius 2 is 2.13 bits per heavy atom. The maximum absolute atomic E-state index is 13.1. The van der Waals surface area contributed by atoms with Crippen molar-refractivity contribution in [2.24, 2.45) is 0 Å². The Morgan fingerprint density at radius 3 is 2.97 bits per heavy atom. The first kappa shape index (κ1) is 19.4. The summed E-state index contributed by atoms with van der Waals surface area (Å²) in [7, 11) is 0. The fourth-order valence-corrected chi connectivity index (χ4v) is 4.12. The van der Waals surface area contributed by atoms with Gasteiger partial charge in [-0.1, -0.05) is 12.1 Å². The molecular weight excluding hydrogens is 394 g/mol. The summed E-state index contributed by atoms with van der Waals surface area (Å²) in [5.41, 5.74) is 4.63. The Kier molecular flexibility index (Phi) is 4.97. The molecule has 0 radical (unpaired) electrons. The van der Waals surface area contributed by atoms with Crippen molar-refractivity contribution in [3.63, 3.8) is 0 Å². The van der Waals surface area contributed by atoms with E-state index in [1.54, 1.807) is 24.9 Å². The van der Waals surface area contributed by atoms with Gasteiger partial charge in [0.25, 0.3) is 5.89 Å². The maximum Gasteiger partial charge on any atom is 0.267 e. The van der Waals surface area contributed by atoms with Crippen molar-refractivity contribution in [1.82, 2.24) is 25.1 Å². The van der Waals surface area contributed by atoms with Gasteiger partial charge in [0.05, 0.1) is 24.8 Å². The minimum atomic E-state index is 0.0154. The van der Waals surface area contributed by atoms with Crippen LogP contribution in [0, 0.1) is 13.8 Å². The molecule has 31 heavy (non-hydrogen) atoms. The Morgan fingerprint density at radius 1 is 1.23 bits per heavy atom. The number of carbonyl (C=O) groups is 1. The van der Waals surface area contributed by atoms with Gasteiger partial charge in [-0.25, -0.2) is 4.98 Å². The van der Waals surface area contributed by atoms with E-state index in [4.69, 9.17) is 8.83 Å². The molecule has 158 valence electrons. The van der Waals surface area contributed by atoms with E-state index in [0.717, 1.165) is 41.5 Å². The van der Waals surface area contributed by atoms with Gasteiger partial charge >= 0.3 is 0 Å². The van der Waals surface area contributed by atoms with E-state index in [1.165, 1.54) is 5.56 Å². The van der Waals surface area contributed by atoms with Gasteiger partial charge in [-0.2, -0.15) is 0 Å². The third kappa shape index (κ3) is 3.69. The highest BCUT2D eigenvalue weighted by molar-refractivity contribution is 5.89. The molecule has 3 aromatic heterocycles. The number of furan rings is 1. The van der Waals surface area contributed by atoms with Crippen LogP contribution in [0.15, 0.2) is 45.8 Å². The average molecular weight is 417 g/mol. The number of benzene rings is 1. The van der Waals surface area contributed by atoms with E-state index in [0.29, 0.717) is 30.4 Å².